The summed E-state index contributed by atoms with van der Waals surface area (Å²) in [6, 6.07) is 8.28. The molecule has 1 unspecified atom stereocenters. The van der Waals surface area contributed by atoms with Gasteiger partial charge < -0.3 is 4.90 Å². The van der Waals surface area contributed by atoms with Crippen LogP contribution in [0.15, 0.2) is 34.9 Å². The van der Waals surface area contributed by atoms with Crippen LogP contribution >= 0.6 is 15.9 Å². The normalized spacial score (nSPS) is 20.0. The number of rotatable bonds is 1. The number of piperidine rings is 1. The van der Waals surface area contributed by atoms with E-state index in [1.165, 1.54) is 0 Å². The topological polar surface area (TPSA) is 33.2 Å². The first-order chi connectivity index (χ1) is 9.15. The Bertz CT molecular complexity index is 641. The standard InChI is InChI=1S/C15H15BrN2O/c1-10-9-18(6-5-14(10)19)13-4-2-3-11-7-12(16)8-17-15(11)13/h2-4,7-8,10H,5-6,9H2,1H3. The van der Waals surface area contributed by atoms with Crippen LogP contribution < -0.4 is 4.90 Å². The molecule has 0 aliphatic carbocycles. The molecule has 1 saturated heterocycles. The minimum Gasteiger partial charge on any atom is -0.369 e. The van der Waals surface area contributed by atoms with Crippen LogP contribution in [-0.4, -0.2) is 23.9 Å². The number of carbonyl (C=O) groups is 1. The van der Waals surface area contributed by atoms with Crippen LogP contribution in [0.4, 0.5) is 5.69 Å². The molecule has 1 aromatic carbocycles. The fourth-order valence-electron chi connectivity index (χ4n) is 2.61. The maximum Gasteiger partial charge on any atom is 0.139 e. The van der Waals surface area contributed by atoms with Crippen molar-refractivity contribution < 1.29 is 4.79 Å². The maximum atomic E-state index is 11.6. The van der Waals surface area contributed by atoms with Crippen molar-refractivity contribution in [3.05, 3.63) is 34.9 Å². The highest BCUT2D eigenvalue weighted by atomic mass is 79.9. The zero-order valence-corrected chi connectivity index (χ0v) is 12.4. The van der Waals surface area contributed by atoms with Crippen molar-refractivity contribution in [3.8, 4) is 0 Å². The average molecular weight is 319 g/mol. The molecule has 0 amide bonds. The molecule has 0 spiro atoms. The van der Waals surface area contributed by atoms with Gasteiger partial charge in [-0.3, -0.25) is 9.78 Å². The third-order valence-corrected chi connectivity index (χ3v) is 4.10. The van der Waals surface area contributed by atoms with E-state index in [1.54, 1.807) is 0 Å². The highest BCUT2D eigenvalue weighted by Gasteiger charge is 2.24. The van der Waals surface area contributed by atoms with Crippen LogP contribution in [0.2, 0.25) is 0 Å². The molecule has 98 valence electrons. The maximum absolute atomic E-state index is 11.6. The lowest BCUT2D eigenvalue weighted by Crippen LogP contribution is -2.39. The number of hydrogen-bond acceptors (Lipinski definition) is 3. The number of carbonyl (C=O) groups excluding carboxylic acids is 1. The van der Waals surface area contributed by atoms with Crippen LogP contribution in [0.5, 0.6) is 0 Å². The van der Waals surface area contributed by atoms with Crippen LogP contribution in [0, 0.1) is 5.92 Å². The van der Waals surface area contributed by atoms with Crippen LogP contribution in [0.3, 0.4) is 0 Å². The first-order valence-corrected chi connectivity index (χ1v) is 7.26. The van der Waals surface area contributed by atoms with Crippen molar-refractivity contribution in [2.24, 2.45) is 5.92 Å². The summed E-state index contributed by atoms with van der Waals surface area (Å²) in [4.78, 5) is 18.4. The molecular formula is C15H15BrN2O. The zero-order valence-electron chi connectivity index (χ0n) is 10.8. The third kappa shape index (κ3) is 2.37. The number of nitrogens with zero attached hydrogens (tertiary/aromatic N) is 2. The second kappa shape index (κ2) is 4.93. The van der Waals surface area contributed by atoms with Gasteiger partial charge in [-0.2, -0.15) is 0 Å². The van der Waals surface area contributed by atoms with Crippen LogP contribution in [0.1, 0.15) is 13.3 Å². The zero-order chi connectivity index (χ0) is 13.4. The highest BCUT2D eigenvalue weighted by Crippen LogP contribution is 2.29. The lowest BCUT2D eigenvalue weighted by Gasteiger charge is -2.32. The number of para-hydroxylation sites is 1. The van der Waals surface area contributed by atoms with E-state index in [2.05, 4.69) is 44.0 Å². The molecule has 2 aromatic rings. The van der Waals surface area contributed by atoms with E-state index in [9.17, 15) is 4.79 Å². The Kier molecular flexibility index (Phi) is 3.27. The number of fused-ring (bicyclic) bond motifs is 1. The molecule has 0 radical (unpaired) electrons. The first-order valence-electron chi connectivity index (χ1n) is 6.47. The minimum absolute atomic E-state index is 0.111. The molecule has 0 N–H and O–H groups in total. The molecule has 1 fully saturated rings. The van der Waals surface area contributed by atoms with Gasteiger partial charge in [0, 0.05) is 41.5 Å². The second-order valence-corrected chi connectivity index (χ2v) is 5.98. The van der Waals surface area contributed by atoms with E-state index in [0.717, 1.165) is 34.2 Å². The summed E-state index contributed by atoms with van der Waals surface area (Å²) in [5.41, 5.74) is 2.14. The molecule has 1 aliphatic heterocycles. The Morgan fingerprint density at radius 2 is 2.26 bits per heavy atom. The molecule has 1 aromatic heterocycles. The molecule has 3 nitrogen and oxygen atoms in total. The first kappa shape index (κ1) is 12.6. The van der Waals surface area contributed by atoms with Gasteiger partial charge in [0.1, 0.15) is 5.78 Å². The average Bonchev–Trinajstić information content (AvgIpc) is 2.41. The van der Waals surface area contributed by atoms with E-state index in [1.807, 2.05) is 19.2 Å². The predicted octanol–water partition coefficient (Wildman–Crippen LogP) is 3.41. The number of halogens is 1. The van der Waals surface area contributed by atoms with Gasteiger partial charge in [0.15, 0.2) is 0 Å². The second-order valence-electron chi connectivity index (χ2n) is 5.07. The lowest BCUT2D eigenvalue weighted by molar-refractivity contribution is -0.122. The van der Waals surface area contributed by atoms with Gasteiger partial charge >= 0.3 is 0 Å². The number of ketones is 1. The number of pyridine rings is 1. The van der Waals surface area contributed by atoms with Gasteiger partial charge in [0.05, 0.1) is 11.2 Å². The van der Waals surface area contributed by atoms with Crippen molar-refractivity contribution in [1.82, 2.24) is 4.98 Å². The summed E-state index contributed by atoms with van der Waals surface area (Å²) in [7, 11) is 0. The van der Waals surface area contributed by atoms with Crippen molar-refractivity contribution in [2.45, 2.75) is 13.3 Å². The Hall–Kier alpha value is -1.42. The quantitative estimate of drug-likeness (QED) is 0.807. The predicted molar refractivity (Wildman–Crippen MR) is 80.4 cm³/mol. The Morgan fingerprint density at radius 1 is 1.42 bits per heavy atom. The molecule has 1 aliphatic rings. The summed E-state index contributed by atoms with van der Waals surface area (Å²) < 4.78 is 0.985. The summed E-state index contributed by atoms with van der Waals surface area (Å²) in [6.45, 7) is 3.58. The number of Topliss-reactive ketones (excluding diaryl/α,β-unsaturated/α-hetero) is 1. The van der Waals surface area contributed by atoms with Gasteiger partial charge in [-0.15, -0.1) is 0 Å². The Morgan fingerprint density at radius 3 is 3.05 bits per heavy atom. The van der Waals surface area contributed by atoms with Gasteiger partial charge in [0.2, 0.25) is 0 Å². The van der Waals surface area contributed by atoms with Crippen molar-refractivity contribution in [1.29, 1.82) is 0 Å². The SMILES string of the molecule is CC1CN(c2cccc3cc(Br)cnc23)CCC1=O. The number of hydrogen-bond donors (Lipinski definition) is 0. The van der Waals surface area contributed by atoms with E-state index in [4.69, 9.17) is 0 Å². The van der Waals surface area contributed by atoms with Gasteiger partial charge in [-0.25, -0.2) is 0 Å². The van der Waals surface area contributed by atoms with Gasteiger partial charge in [0.25, 0.3) is 0 Å². The van der Waals surface area contributed by atoms with Crippen molar-refractivity contribution in [3.63, 3.8) is 0 Å². The summed E-state index contributed by atoms with van der Waals surface area (Å²) >= 11 is 3.45. The summed E-state index contributed by atoms with van der Waals surface area (Å²) in [6.07, 6.45) is 2.46. The molecule has 3 rings (SSSR count). The van der Waals surface area contributed by atoms with Crippen LogP contribution in [-0.2, 0) is 4.79 Å². The fraction of sp³-hybridized carbons (Fsp3) is 0.333. The highest BCUT2D eigenvalue weighted by molar-refractivity contribution is 9.10. The smallest absolute Gasteiger partial charge is 0.139 e. The summed E-state index contributed by atoms with van der Waals surface area (Å²) in [5.74, 6) is 0.478. The van der Waals surface area contributed by atoms with E-state index < -0.39 is 0 Å². The minimum atomic E-state index is 0.111. The molecule has 0 saturated carbocycles. The third-order valence-electron chi connectivity index (χ3n) is 3.67. The lowest BCUT2D eigenvalue weighted by atomic mass is 9.98. The number of aromatic nitrogens is 1. The number of anilines is 1. The summed E-state index contributed by atoms with van der Waals surface area (Å²) in [5, 5.41) is 1.12. The van der Waals surface area contributed by atoms with E-state index >= 15 is 0 Å². The molecule has 1 atom stereocenters. The van der Waals surface area contributed by atoms with Gasteiger partial charge in [-0.05, 0) is 28.1 Å². The largest absolute Gasteiger partial charge is 0.369 e. The molecule has 19 heavy (non-hydrogen) atoms. The monoisotopic (exact) mass is 318 g/mol. The molecule has 4 heteroatoms. The fourth-order valence-corrected chi connectivity index (χ4v) is 2.96. The van der Waals surface area contributed by atoms with E-state index in [-0.39, 0.29) is 5.92 Å². The van der Waals surface area contributed by atoms with Crippen molar-refractivity contribution in [2.75, 3.05) is 18.0 Å². The van der Waals surface area contributed by atoms with E-state index in [0.29, 0.717) is 12.2 Å². The molecular weight excluding hydrogens is 304 g/mol. The molecule has 0 bridgehead atoms. The number of benzene rings is 1. The van der Waals surface area contributed by atoms with Crippen LogP contribution in [0.25, 0.3) is 10.9 Å². The molecule has 2 heterocycles. The van der Waals surface area contributed by atoms with Gasteiger partial charge in [-0.1, -0.05) is 19.1 Å². The van der Waals surface area contributed by atoms with Crippen molar-refractivity contribution >= 4 is 38.3 Å². The Labute approximate surface area is 120 Å². The Balaban J connectivity index is 2.03.